The van der Waals surface area contributed by atoms with Crippen LogP contribution >= 0.6 is 0 Å². The lowest BCUT2D eigenvalue weighted by Gasteiger charge is -2.18. The van der Waals surface area contributed by atoms with Crippen LogP contribution in [0.5, 0.6) is 0 Å². The smallest absolute Gasteiger partial charge is 0.285 e. The lowest BCUT2D eigenvalue weighted by molar-refractivity contribution is -0.385. The molecule has 0 heterocycles. The van der Waals surface area contributed by atoms with Crippen LogP contribution in [-0.4, -0.2) is 17.4 Å². The predicted octanol–water partition coefficient (Wildman–Crippen LogP) is 2.82. The van der Waals surface area contributed by atoms with Gasteiger partial charge in [-0.3, -0.25) is 14.9 Å². The van der Waals surface area contributed by atoms with Crippen molar-refractivity contribution >= 4 is 11.6 Å². The van der Waals surface area contributed by atoms with E-state index in [0.717, 1.165) is 37.5 Å². The number of nitrogens with zero attached hydrogens (tertiary/aromatic N) is 1. The second kappa shape index (κ2) is 6.27. The topological polar surface area (TPSA) is 72.2 Å². The highest BCUT2D eigenvalue weighted by molar-refractivity contribution is 5.98. The summed E-state index contributed by atoms with van der Waals surface area (Å²) in [6, 6.07) is 2.95. The van der Waals surface area contributed by atoms with Gasteiger partial charge in [0.25, 0.3) is 11.6 Å². The van der Waals surface area contributed by atoms with E-state index in [4.69, 9.17) is 0 Å². The normalized spacial score (nSPS) is 17.8. The molecule has 6 heteroatoms. The Kier molecular flexibility index (Phi) is 4.45. The quantitative estimate of drug-likeness (QED) is 0.523. The molecule has 0 spiro atoms. The summed E-state index contributed by atoms with van der Waals surface area (Å²) in [4.78, 5) is 22.1. The molecule has 0 aromatic heterocycles. The van der Waals surface area contributed by atoms with E-state index in [1.807, 2.05) is 0 Å². The summed E-state index contributed by atoms with van der Waals surface area (Å²) in [5, 5.41) is 13.5. The molecule has 1 aliphatic rings. The standard InChI is InChI=1S/C14H15FN2O3/c15-11-6-7-12(13(8-11)17(19)20)14(18)16-9-10-4-2-1-3-5-10/h1-2,6-8,10H,3-5,9H2,(H,16,18)/t10-/m0/s1. The fourth-order valence-corrected chi connectivity index (χ4v) is 2.22. The lowest BCUT2D eigenvalue weighted by atomic mass is 9.94. The summed E-state index contributed by atoms with van der Waals surface area (Å²) in [6.45, 7) is 0.470. The summed E-state index contributed by atoms with van der Waals surface area (Å²) in [7, 11) is 0. The first kappa shape index (κ1) is 14.2. The minimum absolute atomic E-state index is 0.109. The molecule has 20 heavy (non-hydrogen) atoms. The second-order valence-corrected chi connectivity index (χ2v) is 4.78. The highest BCUT2D eigenvalue weighted by Crippen LogP contribution is 2.21. The number of benzene rings is 1. The van der Waals surface area contributed by atoms with E-state index >= 15 is 0 Å². The Morgan fingerprint density at radius 1 is 1.45 bits per heavy atom. The van der Waals surface area contributed by atoms with Crippen LogP contribution in [-0.2, 0) is 0 Å². The monoisotopic (exact) mass is 278 g/mol. The third-order valence-electron chi connectivity index (χ3n) is 3.33. The van der Waals surface area contributed by atoms with Crippen LogP contribution in [0.2, 0.25) is 0 Å². The average molecular weight is 278 g/mol. The largest absolute Gasteiger partial charge is 0.352 e. The van der Waals surface area contributed by atoms with Gasteiger partial charge in [-0.05, 0) is 37.3 Å². The molecule has 1 atom stereocenters. The van der Waals surface area contributed by atoms with Crippen molar-refractivity contribution in [3.8, 4) is 0 Å². The summed E-state index contributed by atoms with van der Waals surface area (Å²) in [6.07, 6.45) is 7.04. The van der Waals surface area contributed by atoms with Crippen LogP contribution < -0.4 is 5.32 Å². The molecule has 1 N–H and O–H groups in total. The zero-order valence-electron chi connectivity index (χ0n) is 10.8. The van der Waals surface area contributed by atoms with Crippen molar-refractivity contribution in [3.63, 3.8) is 0 Å². The number of carbonyl (C=O) groups is 1. The maximum atomic E-state index is 13.0. The number of nitro groups is 1. The van der Waals surface area contributed by atoms with E-state index in [9.17, 15) is 19.3 Å². The van der Waals surface area contributed by atoms with Crippen molar-refractivity contribution in [2.75, 3.05) is 6.54 Å². The number of amides is 1. The molecule has 5 nitrogen and oxygen atoms in total. The van der Waals surface area contributed by atoms with Gasteiger partial charge in [0, 0.05) is 6.54 Å². The summed E-state index contributed by atoms with van der Waals surface area (Å²) in [5.74, 6) is -0.916. The highest BCUT2D eigenvalue weighted by Gasteiger charge is 2.21. The van der Waals surface area contributed by atoms with Crippen molar-refractivity contribution < 1.29 is 14.1 Å². The molecule has 1 aromatic carbocycles. The number of rotatable bonds is 4. The van der Waals surface area contributed by atoms with Crippen molar-refractivity contribution in [1.29, 1.82) is 0 Å². The summed E-state index contributed by atoms with van der Waals surface area (Å²) >= 11 is 0. The highest BCUT2D eigenvalue weighted by atomic mass is 19.1. The maximum Gasteiger partial charge on any atom is 0.285 e. The third kappa shape index (κ3) is 3.40. The Bertz CT molecular complexity index is 557. The van der Waals surface area contributed by atoms with Gasteiger partial charge < -0.3 is 5.32 Å². The van der Waals surface area contributed by atoms with Gasteiger partial charge in [0.1, 0.15) is 11.4 Å². The number of nitro benzene ring substituents is 1. The van der Waals surface area contributed by atoms with Crippen LogP contribution in [0.3, 0.4) is 0 Å². The molecule has 0 radical (unpaired) electrons. The molecule has 1 aliphatic carbocycles. The molecule has 1 aromatic rings. The number of hydrogen-bond acceptors (Lipinski definition) is 3. The third-order valence-corrected chi connectivity index (χ3v) is 3.33. The van der Waals surface area contributed by atoms with E-state index < -0.39 is 22.3 Å². The van der Waals surface area contributed by atoms with Crippen molar-refractivity contribution in [2.45, 2.75) is 19.3 Å². The number of hydrogen-bond donors (Lipinski definition) is 1. The predicted molar refractivity (Wildman–Crippen MR) is 71.9 cm³/mol. The molecule has 0 unspecified atom stereocenters. The zero-order chi connectivity index (χ0) is 14.5. The molecular formula is C14H15FN2O3. The fraction of sp³-hybridized carbons (Fsp3) is 0.357. The SMILES string of the molecule is O=C(NC[C@H]1CC=CCC1)c1ccc(F)cc1[N+](=O)[O-]. The maximum absolute atomic E-state index is 13.0. The molecule has 0 bridgehead atoms. The number of nitrogens with one attached hydrogen (secondary N) is 1. The Balaban J connectivity index is 2.05. The zero-order valence-corrected chi connectivity index (χ0v) is 10.8. The van der Waals surface area contributed by atoms with E-state index in [1.54, 1.807) is 0 Å². The van der Waals surface area contributed by atoms with Crippen LogP contribution in [0.4, 0.5) is 10.1 Å². The van der Waals surface area contributed by atoms with E-state index in [0.29, 0.717) is 12.5 Å². The van der Waals surface area contributed by atoms with Gasteiger partial charge >= 0.3 is 0 Å². The number of allylic oxidation sites excluding steroid dienone is 2. The first-order chi connectivity index (χ1) is 9.58. The molecule has 0 aliphatic heterocycles. The minimum Gasteiger partial charge on any atom is -0.352 e. The second-order valence-electron chi connectivity index (χ2n) is 4.78. The van der Waals surface area contributed by atoms with Gasteiger partial charge in [0.05, 0.1) is 11.0 Å². The minimum atomic E-state index is -0.749. The summed E-state index contributed by atoms with van der Waals surface area (Å²) in [5.41, 5.74) is -0.617. The fourth-order valence-electron chi connectivity index (χ4n) is 2.22. The van der Waals surface area contributed by atoms with Crippen molar-refractivity contribution in [1.82, 2.24) is 5.32 Å². The molecule has 0 fully saturated rings. The van der Waals surface area contributed by atoms with Crippen molar-refractivity contribution in [2.24, 2.45) is 5.92 Å². The van der Waals surface area contributed by atoms with Gasteiger partial charge in [0.15, 0.2) is 0 Å². The molecular weight excluding hydrogens is 263 g/mol. The number of carbonyl (C=O) groups excluding carboxylic acids is 1. The van der Waals surface area contributed by atoms with Crippen LogP contribution in [0.25, 0.3) is 0 Å². The van der Waals surface area contributed by atoms with E-state index in [1.165, 1.54) is 0 Å². The van der Waals surface area contributed by atoms with E-state index in [-0.39, 0.29) is 5.56 Å². The molecule has 0 saturated heterocycles. The molecule has 1 amide bonds. The van der Waals surface area contributed by atoms with Gasteiger partial charge in [-0.25, -0.2) is 4.39 Å². The lowest BCUT2D eigenvalue weighted by Crippen LogP contribution is -2.30. The van der Waals surface area contributed by atoms with Crippen LogP contribution in [0.15, 0.2) is 30.4 Å². The van der Waals surface area contributed by atoms with E-state index in [2.05, 4.69) is 17.5 Å². The van der Waals surface area contributed by atoms with Gasteiger partial charge in [-0.2, -0.15) is 0 Å². The van der Waals surface area contributed by atoms with Crippen LogP contribution in [0, 0.1) is 21.8 Å². The number of halogens is 1. The van der Waals surface area contributed by atoms with Crippen molar-refractivity contribution in [3.05, 3.63) is 51.8 Å². The summed E-state index contributed by atoms with van der Waals surface area (Å²) < 4.78 is 13.0. The Hall–Kier alpha value is -2.24. The average Bonchev–Trinajstić information content (AvgIpc) is 2.45. The molecule has 0 saturated carbocycles. The van der Waals surface area contributed by atoms with Crippen LogP contribution in [0.1, 0.15) is 29.6 Å². The molecule has 2 rings (SSSR count). The van der Waals surface area contributed by atoms with Gasteiger partial charge in [-0.15, -0.1) is 0 Å². The molecule has 106 valence electrons. The Labute approximate surface area is 115 Å². The first-order valence-corrected chi connectivity index (χ1v) is 6.45. The van der Waals surface area contributed by atoms with Gasteiger partial charge in [-0.1, -0.05) is 12.2 Å². The van der Waals surface area contributed by atoms with Gasteiger partial charge in [0.2, 0.25) is 0 Å². The Morgan fingerprint density at radius 2 is 2.25 bits per heavy atom. The first-order valence-electron chi connectivity index (χ1n) is 6.45. The Morgan fingerprint density at radius 3 is 2.90 bits per heavy atom.